The van der Waals surface area contributed by atoms with Crippen LogP contribution in [0.5, 0.6) is 5.75 Å². The first-order valence-electron chi connectivity index (χ1n) is 5.90. The summed E-state index contributed by atoms with van der Waals surface area (Å²) in [4.78, 5) is 10.4. The Morgan fingerprint density at radius 3 is 2.74 bits per heavy atom. The Labute approximate surface area is 110 Å². The summed E-state index contributed by atoms with van der Waals surface area (Å²) < 4.78 is 5.88. The van der Waals surface area contributed by atoms with Gasteiger partial charge in [0, 0.05) is 17.7 Å². The number of hydrogen-bond acceptors (Lipinski definition) is 4. The van der Waals surface area contributed by atoms with Crippen LogP contribution in [0.25, 0.3) is 0 Å². The van der Waals surface area contributed by atoms with Gasteiger partial charge in [0.05, 0.1) is 10.6 Å². The molecule has 1 aliphatic rings. The molecule has 0 amide bonds. The van der Waals surface area contributed by atoms with Crippen LogP contribution < -0.4 is 10.1 Å². The molecule has 19 heavy (non-hydrogen) atoms. The van der Waals surface area contributed by atoms with Crippen molar-refractivity contribution in [3.8, 4) is 5.75 Å². The molecule has 0 bridgehead atoms. The molecule has 3 rings (SSSR count). The summed E-state index contributed by atoms with van der Waals surface area (Å²) >= 11 is 0. The van der Waals surface area contributed by atoms with Crippen LogP contribution in [0.15, 0.2) is 48.5 Å². The lowest BCUT2D eigenvalue weighted by Crippen LogP contribution is -2.33. The smallest absolute Gasteiger partial charge is 0.269 e. The van der Waals surface area contributed by atoms with Crippen LogP contribution in [0.3, 0.4) is 0 Å². The van der Waals surface area contributed by atoms with Crippen molar-refractivity contribution in [2.75, 3.05) is 5.32 Å². The number of non-ortho nitro benzene ring substituents is 1. The summed E-state index contributed by atoms with van der Waals surface area (Å²) in [6.07, 6.45) is 0. The fraction of sp³-hybridized carbons (Fsp3) is 0.143. The molecule has 0 spiro atoms. The summed E-state index contributed by atoms with van der Waals surface area (Å²) in [5.74, 6) is 0.747. The fourth-order valence-electron chi connectivity index (χ4n) is 2.21. The summed E-state index contributed by atoms with van der Waals surface area (Å²) in [6, 6.07) is 14.0. The number of hydrogen-bond donors (Lipinski definition) is 1. The molecule has 96 valence electrons. The standard InChI is InChI=1S/C14H12N2O3/c1-14(10-5-4-6-11(9-10)16(17)18)15-12-7-2-3-8-13(12)19-14/h2-9,15H,1H3. The van der Waals surface area contributed by atoms with Gasteiger partial charge in [-0.15, -0.1) is 0 Å². The first-order valence-corrected chi connectivity index (χ1v) is 5.90. The minimum absolute atomic E-state index is 0.0556. The Balaban J connectivity index is 2.00. The maximum absolute atomic E-state index is 10.8. The average Bonchev–Trinajstić information content (AvgIpc) is 2.76. The molecule has 0 aromatic heterocycles. The van der Waals surface area contributed by atoms with Gasteiger partial charge in [-0.25, -0.2) is 0 Å². The highest BCUT2D eigenvalue weighted by Gasteiger charge is 2.36. The molecule has 0 aliphatic carbocycles. The number of para-hydroxylation sites is 2. The van der Waals surface area contributed by atoms with Gasteiger partial charge >= 0.3 is 0 Å². The largest absolute Gasteiger partial charge is 0.462 e. The number of anilines is 1. The number of rotatable bonds is 2. The molecule has 1 unspecified atom stereocenters. The van der Waals surface area contributed by atoms with E-state index in [-0.39, 0.29) is 5.69 Å². The summed E-state index contributed by atoms with van der Waals surface area (Å²) in [6.45, 7) is 1.85. The summed E-state index contributed by atoms with van der Waals surface area (Å²) in [5, 5.41) is 14.1. The Kier molecular flexibility index (Phi) is 2.41. The van der Waals surface area contributed by atoms with Gasteiger partial charge in [-0.3, -0.25) is 10.1 Å². The molecular formula is C14H12N2O3. The van der Waals surface area contributed by atoms with E-state index >= 15 is 0 Å². The van der Waals surface area contributed by atoms with E-state index in [2.05, 4.69) is 5.32 Å². The van der Waals surface area contributed by atoms with Crippen LogP contribution in [-0.2, 0) is 5.72 Å². The second-order valence-electron chi connectivity index (χ2n) is 4.56. The molecule has 1 N–H and O–H groups in total. The molecule has 0 fully saturated rings. The van der Waals surface area contributed by atoms with Gasteiger partial charge < -0.3 is 10.1 Å². The van der Waals surface area contributed by atoms with Gasteiger partial charge in [-0.2, -0.15) is 0 Å². The zero-order chi connectivity index (χ0) is 13.5. The van der Waals surface area contributed by atoms with Crippen LogP contribution in [0.1, 0.15) is 12.5 Å². The number of nitro benzene ring substituents is 1. The van der Waals surface area contributed by atoms with Gasteiger partial charge in [0.2, 0.25) is 5.72 Å². The van der Waals surface area contributed by atoms with Crippen LogP contribution in [0.2, 0.25) is 0 Å². The predicted molar refractivity (Wildman–Crippen MR) is 71.1 cm³/mol. The zero-order valence-electron chi connectivity index (χ0n) is 10.3. The number of nitrogens with one attached hydrogen (secondary N) is 1. The molecule has 0 saturated heterocycles. The van der Waals surface area contributed by atoms with E-state index in [0.717, 1.165) is 17.0 Å². The number of nitro groups is 1. The van der Waals surface area contributed by atoms with Crippen LogP contribution in [0, 0.1) is 10.1 Å². The molecule has 1 heterocycles. The Hall–Kier alpha value is -2.56. The highest BCUT2D eigenvalue weighted by molar-refractivity contribution is 5.62. The third kappa shape index (κ3) is 1.89. The topological polar surface area (TPSA) is 64.4 Å². The highest BCUT2D eigenvalue weighted by atomic mass is 16.6. The van der Waals surface area contributed by atoms with Gasteiger partial charge in [-0.1, -0.05) is 24.3 Å². The van der Waals surface area contributed by atoms with Crippen molar-refractivity contribution in [2.45, 2.75) is 12.6 Å². The Morgan fingerprint density at radius 1 is 1.21 bits per heavy atom. The van der Waals surface area contributed by atoms with E-state index in [1.807, 2.05) is 37.3 Å². The van der Waals surface area contributed by atoms with Crippen LogP contribution in [-0.4, -0.2) is 4.92 Å². The van der Waals surface area contributed by atoms with E-state index in [1.54, 1.807) is 6.07 Å². The third-order valence-electron chi connectivity index (χ3n) is 3.18. The second kappa shape index (κ2) is 3.98. The molecule has 2 aromatic carbocycles. The van der Waals surface area contributed by atoms with E-state index < -0.39 is 10.6 Å². The SMILES string of the molecule is CC1(c2cccc([N+](=O)[O-])c2)Nc2ccccc2O1. The number of fused-ring (bicyclic) bond motifs is 1. The molecule has 0 saturated carbocycles. The molecule has 5 nitrogen and oxygen atoms in total. The maximum atomic E-state index is 10.8. The van der Waals surface area contributed by atoms with Gasteiger partial charge in [0.15, 0.2) is 0 Å². The Bertz CT molecular complexity index is 630. The zero-order valence-corrected chi connectivity index (χ0v) is 10.3. The van der Waals surface area contributed by atoms with Crippen molar-refractivity contribution >= 4 is 11.4 Å². The van der Waals surface area contributed by atoms with E-state index in [9.17, 15) is 10.1 Å². The van der Waals surface area contributed by atoms with Gasteiger partial charge in [0.1, 0.15) is 5.75 Å². The molecule has 1 aliphatic heterocycles. The summed E-state index contributed by atoms with van der Waals surface area (Å²) in [5.41, 5.74) is 0.880. The van der Waals surface area contributed by atoms with Crippen LogP contribution in [0.4, 0.5) is 11.4 Å². The first kappa shape index (κ1) is 11.5. The van der Waals surface area contributed by atoms with Crippen molar-refractivity contribution in [1.82, 2.24) is 0 Å². The fourth-order valence-corrected chi connectivity index (χ4v) is 2.21. The maximum Gasteiger partial charge on any atom is 0.269 e. The number of benzene rings is 2. The second-order valence-corrected chi connectivity index (χ2v) is 4.56. The van der Waals surface area contributed by atoms with E-state index in [0.29, 0.717) is 0 Å². The quantitative estimate of drug-likeness (QED) is 0.661. The minimum Gasteiger partial charge on any atom is -0.462 e. The van der Waals surface area contributed by atoms with Gasteiger partial charge in [0.25, 0.3) is 5.69 Å². The lowest BCUT2D eigenvalue weighted by Gasteiger charge is -2.24. The summed E-state index contributed by atoms with van der Waals surface area (Å²) in [7, 11) is 0. The van der Waals surface area contributed by atoms with Crippen molar-refractivity contribution in [2.24, 2.45) is 0 Å². The molecular weight excluding hydrogens is 244 g/mol. The minimum atomic E-state index is -0.782. The van der Waals surface area contributed by atoms with Gasteiger partial charge in [-0.05, 0) is 19.1 Å². The number of ether oxygens (including phenoxy) is 1. The van der Waals surface area contributed by atoms with Crippen molar-refractivity contribution in [1.29, 1.82) is 0 Å². The monoisotopic (exact) mass is 256 g/mol. The molecule has 0 radical (unpaired) electrons. The Morgan fingerprint density at radius 2 is 2.00 bits per heavy atom. The molecule has 2 aromatic rings. The first-order chi connectivity index (χ1) is 9.08. The third-order valence-corrected chi connectivity index (χ3v) is 3.18. The average molecular weight is 256 g/mol. The number of nitrogens with zero attached hydrogens (tertiary/aromatic N) is 1. The predicted octanol–water partition coefficient (Wildman–Crippen LogP) is 3.27. The van der Waals surface area contributed by atoms with Crippen LogP contribution >= 0.6 is 0 Å². The van der Waals surface area contributed by atoms with E-state index in [1.165, 1.54) is 12.1 Å². The van der Waals surface area contributed by atoms with E-state index in [4.69, 9.17) is 4.74 Å². The lowest BCUT2D eigenvalue weighted by molar-refractivity contribution is -0.385. The normalized spacial score (nSPS) is 20.3. The van der Waals surface area contributed by atoms with Crippen molar-refractivity contribution in [3.63, 3.8) is 0 Å². The van der Waals surface area contributed by atoms with Crippen molar-refractivity contribution in [3.05, 3.63) is 64.2 Å². The van der Waals surface area contributed by atoms with Crippen molar-refractivity contribution < 1.29 is 9.66 Å². The lowest BCUT2D eigenvalue weighted by atomic mass is 10.0. The highest BCUT2D eigenvalue weighted by Crippen LogP contribution is 2.41. The molecule has 1 atom stereocenters. The molecule has 5 heteroatoms.